The van der Waals surface area contributed by atoms with Crippen LogP contribution in [0.1, 0.15) is 11.4 Å². The van der Waals surface area contributed by atoms with Crippen LogP contribution < -0.4 is 4.74 Å². The van der Waals surface area contributed by atoms with Crippen LogP contribution in [0.25, 0.3) is 0 Å². The third kappa shape index (κ3) is 2.42. The van der Waals surface area contributed by atoms with E-state index in [1.807, 2.05) is 0 Å². The summed E-state index contributed by atoms with van der Waals surface area (Å²) in [5.74, 6) is -0.784. The van der Waals surface area contributed by atoms with Gasteiger partial charge in [0.05, 0.1) is 4.92 Å². The summed E-state index contributed by atoms with van der Waals surface area (Å²) in [6.45, 7) is 1.73. The van der Waals surface area contributed by atoms with Crippen LogP contribution in [0.4, 0.5) is 10.1 Å². The molecule has 0 amide bonds. The molecule has 0 radical (unpaired) electrons. The molecule has 2 aromatic rings. The van der Waals surface area contributed by atoms with Crippen LogP contribution in [0.2, 0.25) is 0 Å². The van der Waals surface area contributed by atoms with Gasteiger partial charge < -0.3 is 4.74 Å². The third-order valence-electron chi connectivity index (χ3n) is 2.24. The highest BCUT2D eigenvalue weighted by Crippen LogP contribution is 2.22. The first-order valence-corrected chi connectivity index (χ1v) is 4.92. The van der Waals surface area contributed by atoms with Crippen molar-refractivity contribution in [3.05, 3.63) is 45.5 Å². The Hall–Kier alpha value is -2.51. The molecule has 94 valence electrons. The molecular formula is C10H8FN3O4. The molecule has 1 aromatic heterocycles. The zero-order valence-corrected chi connectivity index (χ0v) is 9.29. The standard InChI is InChI=1S/C10H8FN3O4/c1-6-9(13-18-12-6)5-17-7-2-3-10(14(15)16)8(11)4-7/h2-4H,5H2,1H3. The SMILES string of the molecule is Cc1nonc1COc1ccc([N+](=O)[O-])c(F)c1. The Bertz CT molecular complexity index is 584. The van der Waals surface area contributed by atoms with Gasteiger partial charge in [0, 0.05) is 12.1 Å². The molecule has 0 saturated carbocycles. The summed E-state index contributed by atoms with van der Waals surface area (Å²) in [7, 11) is 0. The number of hydrogen-bond donors (Lipinski definition) is 0. The fourth-order valence-corrected chi connectivity index (χ4v) is 1.26. The number of nitrogens with zero attached hydrogens (tertiary/aromatic N) is 3. The van der Waals surface area contributed by atoms with Crippen LogP contribution in [-0.4, -0.2) is 15.2 Å². The molecule has 7 nitrogen and oxygen atoms in total. The van der Waals surface area contributed by atoms with E-state index in [1.165, 1.54) is 6.07 Å². The first-order chi connectivity index (χ1) is 8.58. The minimum absolute atomic E-state index is 0.0482. The Labute approximate surface area is 100 Å². The summed E-state index contributed by atoms with van der Waals surface area (Å²) in [6, 6.07) is 3.30. The van der Waals surface area contributed by atoms with E-state index in [2.05, 4.69) is 14.9 Å². The Kier molecular flexibility index (Phi) is 3.18. The predicted octanol–water partition coefficient (Wildman–Crippen LogP) is 2.00. The molecule has 0 bridgehead atoms. The highest BCUT2D eigenvalue weighted by Gasteiger charge is 2.14. The van der Waals surface area contributed by atoms with E-state index in [4.69, 9.17) is 4.74 Å². The van der Waals surface area contributed by atoms with Crippen molar-refractivity contribution < 1.29 is 18.7 Å². The highest BCUT2D eigenvalue weighted by atomic mass is 19.1. The van der Waals surface area contributed by atoms with Crippen LogP contribution in [0.3, 0.4) is 0 Å². The van der Waals surface area contributed by atoms with Gasteiger partial charge in [-0.25, -0.2) is 4.63 Å². The van der Waals surface area contributed by atoms with Gasteiger partial charge in [0.1, 0.15) is 23.7 Å². The lowest BCUT2D eigenvalue weighted by atomic mass is 10.3. The van der Waals surface area contributed by atoms with Crippen LogP contribution in [0.15, 0.2) is 22.8 Å². The second-order valence-electron chi connectivity index (χ2n) is 3.46. The van der Waals surface area contributed by atoms with Gasteiger partial charge in [0.2, 0.25) is 5.82 Å². The number of nitro groups is 1. The van der Waals surface area contributed by atoms with Gasteiger partial charge in [-0.05, 0) is 13.0 Å². The molecule has 0 saturated heterocycles. The fraction of sp³-hybridized carbons (Fsp3) is 0.200. The Morgan fingerprint density at radius 1 is 1.50 bits per heavy atom. The minimum atomic E-state index is -0.951. The second-order valence-corrected chi connectivity index (χ2v) is 3.46. The Morgan fingerprint density at radius 3 is 2.83 bits per heavy atom. The average Bonchev–Trinajstić information content (AvgIpc) is 2.72. The van der Waals surface area contributed by atoms with Crippen molar-refractivity contribution in [2.45, 2.75) is 13.5 Å². The smallest absolute Gasteiger partial charge is 0.305 e. The van der Waals surface area contributed by atoms with Crippen molar-refractivity contribution in [2.75, 3.05) is 0 Å². The van der Waals surface area contributed by atoms with Crippen molar-refractivity contribution in [2.24, 2.45) is 0 Å². The number of nitro benzene ring substituents is 1. The molecule has 8 heteroatoms. The lowest BCUT2D eigenvalue weighted by molar-refractivity contribution is -0.387. The summed E-state index contributed by atoms with van der Waals surface area (Å²) in [5, 5.41) is 17.6. The molecular weight excluding hydrogens is 245 g/mol. The zero-order chi connectivity index (χ0) is 13.1. The van der Waals surface area contributed by atoms with Gasteiger partial charge >= 0.3 is 5.69 Å². The van der Waals surface area contributed by atoms with Crippen molar-refractivity contribution >= 4 is 5.69 Å². The maximum absolute atomic E-state index is 13.3. The number of halogens is 1. The topological polar surface area (TPSA) is 91.3 Å². The molecule has 1 aromatic carbocycles. The molecule has 1 heterocycles. The number of aryl methyl sites for hydroxylation is 1. The quantitative estimate of drug-likeness (QED) is 0.611. The zero-order valence-electron chi connectivity index (χ0n) is 9.29. The number of aromatic nitrogens is 2. The molecule has 0 atom stereocenters. The van der Waals surface area contributed by atoms with Gasteiger partial charge in [0.25, 0.3) is 0 Å². The largest absolute Gasteiger partial charge is 0.487 e. The molecule has 0 spiro atoms. The van der Waals surface area contributed by atoms with E-state index >= 15 is 0 Å². The minimum Gasteiger partial charge on any atom is -0.487 e. The predicted molar refractivity (Wildman–Crippen MR) is 56.4 cm³/mol. The monoisotopic (exact) mass is 253 g/mol. The number of rotatable bonds is 4. The van der Waals surface area contributed by atoms with Crippen LogP contribution >= 0.6 is 0 Å². The van der Waals surface area contributed by atoms with Gasteiger partial charge in [-0.2, -0.15) is 4.39 Å². The number of hydrogen-bond acceptors (Lipinski definition) is 6. The number of benzene rings is 1. The summed E-state index contributed by atoms with van der Waals surface area (Å²) < 4.78 is 23.0. The first kappa shape index (κ1) is 12.0. The normalized spacial score (nSPS) is 10.3. The van der Waals surface area contributed by atoms with Gasteiger partial charge in [-0.15, -0.1) is 0 Å². The van der Waals surface area contributed by atoms with Crippen LogP contribution in [0.5, 0.6) is 5.75 Å². The van der Waals surface area contributed by atoms with Crippen molar-refractivity contribution in [1.82, 2.24) is 10.3 Å². The summed E-state index contributed by atoms with van der Waals surface area (Å²) in [4.78, 5) is 9.62. The molecule has 0 aliphatic carbocycles. The number of ether oxygens (including phenoxy) is 1. The van der Waals surface area contributed by atoms with E-state index in [0.29, 0.717) is 11.4 Å². The van der Waals surface area contributed by atoms with Gasteiger partial charge in [0.15, 0.2) is 0 Å². The van der Waals surface area contributed by atoms with Gasteiger partial charge in [-0.3, -0.25) is 10.1 Å². The van der Waals surface area contributed by atoms with Gasteiger partial charge in [-0.1, -0.05) is 10.3 Å². The molecule has 0 N–H and O–H groups in total. The molecule has 0 fully saturated rings. The average molecular weight is 253 g/mol. The van der Waals surface area contributed by atoms with E-state index in [0.717, 1.165) is 12.1 Å². The Balaban J connectivity index is 2.09. The summed E-state index contributed by atoms with van der Waals surface area (Å²) >= 11 is 0. The lowest BCUT2D eigenvalue weighted by Gasteiger charge is -2.03. The molecule has 2 rings (SSSR count). The van der Waals surface area contributed by atoms with Crippen molar-refractivity contribution in [3.63, 3.8) is 0 Å². The molecule has 0 unspecified atom stereocenters. The lowest BCUT2D eigenvalue weighted by Crippen LogP contribution is -1.99. The van der Waals surface area contributed by atoms with E-state index in [-0.39, 0.29) is 12.4 Å². The maximum Gasteiger partial charge on any atom is 0.305 e. The highest BCUT2D eigenvalue weighted by molar-refractivity contribution is 5.38. The molecule has 18 heavy (non-hydrogen) atoms. The molecule has 0 aliphatic heterocycles. The van der Waals surface area contributed by atoms with E-state index in [1.54, 1.807) is 6.92 Å². The first-order valence-electron chi connectivity index (χ1n) is 4.92. The second kappa shape index (κ2) is 4.78. The van der Waals surface area contributed by atoms with E-state index in [9.17, 15) is 14.5 Å². The van der Waals surface area contributed by atoms with Crippen molar-refractivity contribution in [3.8, 4) is 5.75 Å². The fourth-order valence-electron chi connectivity index (χ4n) is 1.26. The van der Waals surface area contributed by atoms with Crippen molar-refractivity contribution in [1.29, 1.82) is 0 Å². The van der Waals surface area contributed by atoms with E-state index < -0.39 is 16.4 Å². The summed E-state index contributed by atoms with van der Waals surface area (Å²) in [6.07, 6.45) is 0. The third-order valence-corrected chi connectivity index (χ3v) is 2.24. The molecule has 0 aliphatic rings. The summed E-state index contributed by atoms with van der Waals surface area (Å²) in [5.41, 5.74) is 0.452. The maximum atomic E-state index is 13.3. The van der Waals surface area contributed by atoms with Crippen LogP contribution in [-0.2, 0) is 6.61 Å². The Morgan fingerprint density at radius 2 is 2.28 bits per heavy atom. The van der Waals surface area contributed by atoms with Crippen LogP contribution in [0, 0.1) is 22.9 Å².